The zero-order chi connectivity index (χ0) is 22.1. The van der Waals surface area contributed by atoms with Crippen LogP contribution in [0.1, 0.15) is 41.2 Å². The predicted molar refractivity (Wildman–Crippen MR) is 113 cm³/mol. The molecule has 1 aromatic carbocycles. The molecular weight excluding hydrogens is 423 g/mol. The van der Waals surface area contributed by atoms with E-state index in [2.05, 4.69) is 4.98 Å². The Bertz CT molecular complexity index is 1070. The lowest BCUT2D eigenvalue weighted by Gasteiger charge is -2.32. The number of amides is 4. The maximum Gasteiger partial charge on any atom is 0.288 e. The van der Waals surface area contributed by atoms with Crippen molar-refractivity contribution >= 4 is 45.6 Å². The number of halogens is 1. The van der Waals surface area contributed by atoms with Crippen molar-refractivity contribution in [3.8, 4) is 0 Å². The second-order valence-electron chi connectivity index (χ2n) is 7.63. The smallest absolute Gasteiger partial charge is 0.288 e. The lowest BCUT2D eigenvalue weighted by molar-refractivity contribution is -0.133. The number of rotatable bonds is 5. The van der Waals surface area contributed by atoms with Gasteiger partial charge >= 0.3 is 0 Å². The van der Waals surface area contributed by atoms with Gasteiger partial charge in [0.2, 0.25) is 11.8 Å². The summed E-state index contributed by atoms with van der Waals surface area (Å²) >= 11 is 0.951. The Morgan fingerprint density at radius 1 is 1.19 bits per heavy atom. The number of piperidine rings is 1. The van der Waals surface area contributed by atoms with Gasteiger partial charge in [-0.15, -0.1) is 0 Å². The van der Waals surface area contributed by atoms with E-state index in [1.165, 1.54) is 12.1 Å². The average Bonchev–Trinajstić information content (AvgIpc) is 3.08. The highest BCUT2D eigenvalue weighted by Crippen LogP contribution is 2.31. The van der Waals surface area contributed by atoms with Crippen LogP contribution in [0, 0.1) is 5.82 Å². The summed E-state index contributed by atoms with van der Waals surface area (Å²) in [5.41, 5.74) is 6.97. The van der Waals surface area contributed by atoms with Gasteiger partial charge in [-0.1, -0.05) is 11.8 Å². The maximum atomic E-state index is 13.5. The highest BCUT2D eigenvalue weighted by atomic mass is 32.2. The molecule has 0 saturated carbocycles. The summed E-state index contributed by atoms with van der Waals surface area (Å²) in [5, 5.41) is 0.201. The van der Waals surface area contributed by atoms with E-state index in [1.54, 1.807) is 17.0 Å². The van der Waals surface area contributed by atoms with Crippen molar-refractivity contribution in [1.29, 1.82) is 0 Å². The summed E-state index contributed by atoms with van der Waals surface area (Å²) in [6.45, 7) is 1.04. The number of thioether (sulfide) groups is 1. The largest absolute Gasteiger partial charge is 0.366 e. The lowest BCUT2D eigenvalue weighted by Crippen LogP contribution is -2.40. The molecule has 2 fully saturated rings. The quantitative estimate of drug-likeness (QED) is 0.757. The molecule has 0 unspecified atom stereocenters. The number of nitrogens with two attached hydrogens (primary N) is 1. The molecule has 0 atom stereocenters. The molecule has 2 N–H and O–H groups in total. The Balaban J connectivity index is 1.43. The predicted octanol–water partition coefficient (Wildman–Crippen LogP) is 2.26. The van der Waals surface area contributed by atoms with Crippen molar-refractivity contribution in [1.82, 2.24) is 14.8 Å². The van der Waals surface area contributed by atoms with E-state index in [4.69, 9.17) is 5.73 Å². The Labute approximate surface area is 181 Å². The number of primary amides is 1. The van der Waals surface area contributed by atoms with Gasteiger partial charge in [0.15, 0.2) is 0 Å². The fourth-order valence-electron chi connectivity index (χ4n) is 4.04. The average molecular weight is 444 g/mol. The van der Waals surface area contributed by atoms with Crippen LogP contribution in [0.3, 0.4) is 0 Å². The highest BCUT2D eigenvalue weighted by molar-refractivity contribution is 8.14. The molecule has 3 heterocycles. The van der Waals surface area contributed by atoms with Gasteiger partial charge in [0.05, 0.1) is 22.5 Å². The normalized spacial score (nSPS) is 17.6. The van der Waals surface area contributed by atoms with Gasteiger partial charge in [-0.05, 0) is 37.1 Å². The SMILES string of the molecule is NC(=O)c1cc2cc(F)ccc2nc1C1CCN(C(=O)CCN2C(=O)CSC2=O)CC1. The molecule has 0 spiro atoms. The third kappa shape index (κ3) is 4.39. The van der Waals surface area contributed by atoms with Crippen LogP contribution in [-0.4, -0.2) is 63.1 Å². The first-order valence-electron chi connectivity index (χ1n) is 9.98. The number of pyridine rings is 1. The second-order valence-corrected chi connectivity index (χ2v) is 8.55. The van der Waals surface area contributed by atoms with Crippen LogP contribution in [0.2, 0.25) is 0 Å². The van der Waals surface area contributed by atoms with Gasteiger partial charge in [-0.2, -0.15) is 0 Å². The number of carbonyl (C=O) groups excluding carboxylic acids is 4. The first-order chi connectivity index (χ1) is 14.8. The number of aromatic nitrogens is 1. The number of hydrogen-bond donors (Lipinski definition) is 1. The summed E-state index contributed by atoms with van der Waals surface area (Å²) in [6.07, 6.45) is 1.29. The molecule has 10 heteroatoms. The van der Waals surface area contributed by atoms with Crippen LogP contribution in [0.15, 0.2) is 24.3 Å². The zero-order valence-corrected chi connectivity index (χ0v) is 17.5. The van der Waals surface area contributed by atoms with Crippen molar-refractivity contribution in [2.75, 3.05) is 25.4 Å². The van der Waals surface area contributed by atoms with Crippen molar-refractivity contribution in [2.24, 2.45) is 5.73 Å². The van der Waals surface area contributed by atoms with Crippen LogP contribution in [0.25, 0.3) is 10.9 Å². The highest BCUT2D eigenvalue weighted by Gasteiger charge is 2.32. The summed E-state index contributed by atoms with van der Waals surface area (Å²) in [5.74, 6) is -1.34. The Morgan fingerprint density at radius 2 is 1.94 bits per heavy atom. The molecule has 4 rings (SSSR count). The van der Waals surface area contributed by atoms with E-state index >= 15 is 0 Å². The minimum Gasteiger partial charge on any atom is -0.366 e. The van der Waals surface area contributed by atoms with Crippen LogP contribution in [0.5, 0.6) is 0 Å². The number of imide groups is 1. The molecule has 2 aromatic rings. The molecule has 162 valence electrons. The summed E-state index contributed by atoms with van der Waals surface area (Å²) < 4.78 is 13.5. The minimum atomic E-state index is -0.620. The van der Waals surface area contributed by atoms with Crippen LogP contribution in [0.4, 0.5) is 9.18 Å². The van der Waals surface area contributed by atoms with Gasteiger partial charge < -0.3 is 10.6 Å². The van der Waals surface area contributed by atoms with Gasteiger partial charge in [0, 0.05) is 37.4 Å². The molecule has 4 amide bonds. The number of fused-ring (bicyclic) bond motifs is 1. The number of hydrogen-bond acceptors (Lipinski definition) is 6. The molecule has 0 aliphatic carbocycles. The number of nitrogens with zero attached hydrogens (tertiary/aromatic N) is 3. The molecule has 2 aliphatic heterocycles. The van der Waals surface area contributed by atoms with Crippen molar-refractivity contribution in [2.45, 2.75) is 25.2 Å². The summed E-state index contributed by atoms with van der Waals surface area (Å²) in [7, 11) is 0. The molecule has 0 bridgehead atoms. The summed E-state index contributed by atoms with van der Waals surface area (Å²) in [6, 6.07) is 5.77. The van der Waals surface area contributed by atoms with E-state index < -0.39 is 11.7 Å². The third-order valence-corrected chi connectivity index (χ3v) is 6.55. The molecule has 0 radical (unpaired) electrons. The standard InChI is InChI=1S/C21H21FN4O4S/c22-14-1-2-16-13(9-14)10-15(20(23)29)19(24-16)12-3-6-25(7-4-12)17(27)5-8-26-18(28)11-31-21(26)30/h1-2,9-10,12H,3-8,11H2,(H2,23,29). The molecule has 31 heavy (non-hydrogen) atoms. The Morgan fingerprint density at radius 3 is 2.58 bits per heavy atom. The number of benzene rings is 1. The molecule has 8 nitrogen and oxygen atoms in total. The van der Waals surface area contributed by atoms with E-state index in [0.717, 1.165) is 16.7 Å². The number of carbonyl (C=O) groups is 4. The van der Waals surface area contributed by atoms with Crippen molar-refractivity contribution < 1.29 is 23.6 Å². The topological polar surface area (TPSA) is 114 Å². The van der Waals surface area contributed by atoms with Crippen molar-refractivity contribution in [3.63, 3.8) is 0 Å². The molecule has 2 aliphatic rings. The molecule has 1 aromatic heterocycles. The summed E-state index contributed by atoms with van der Waals surface area (Å²) in [4.78, 5) is 55.3. The van der Waals surface area contributed by atoms with Gasteiger partial charge in [0.1, 0.15) is 5.82 Å². The molecular formula is C21H21FN4O4S. The number of likely N-dealkylation sites (tertiary alicyclic amines) is 1. The third-order valence-electron chi connectivity index (χ3n) is 5.70. The fraction of sp³-hybridized carbons (Fsp3) is 0.381. The van der Waals surface area contributed by atoms with Crippen molar-refractivity contribution in [3.05, 3.63) is 41.3 Å². The van der Waals surface area contributed by atoms with E-state index in [9.17, 15) is 23.6 Å². The first kappa shape index (κ1) is 21.2. The van der Waals surface area contributed by atoms with Crippen LogP contribution < -0.4 is 5.73 Å². The van der Waals surface area contributed by atoms with Crippen LogP contribution >= 0.6 is 11.8 Å². The zero-order valence-electron chi connectivity index (χ0n) is 16.7. The van der Waals surface area contributed by atoms with Gasteiger partial charge in [0.25, 0.3) is 11.1 Å². The Hall–Kier alpha value is -3.01. The van der Waals surface area contributed by atoms with Gasteiger partial charge in [-0.3, -0.25) is 29.1 Å². The second kappa shape index (κ2) is 8.62. The fourth-order valence-corrected chi connectivity index (χ4v) is 4.79. The monoisotopic (exact) mass is 444 g/mol. The maximum absolute atomic E-state index is 13.5. The Kier molecular flexibility index (Phi) is 5.90. The molecule has 2 saturated heterocycles. The minimum absolute atomic E-state index is 0.0564. The first-order valence-corrected chi connectivity index (χ1v) is 11.0. The van der Waals surface area contributed by atoms with Crippen LogP contribution in [-0.2, 0) is 9.59 Å². The lowest BCUT2D eigenvalue weighted by atomic mass is 9.89. The van der Waals surface area contributed by atoms with E-state index in [0.29, 0.717) is 42.5 Å². The van der Waals surface area contributed by atoms with Gasteiger partial charge in [-0.25, -0.2) is 4.39 Å². The van der Waals surface area contributed by atoms with E-state index in [1.807, 2.05) is 0 Å². The van der Waals surface area contributed by atoms with E-state index in [-0.39, 0.29) is 47.3 Å².